The Morgan fingerprint density at radius 1 is 1.50 bits per heavy atom. The van der Waals surface area contributed by atoms with Crippen LogP contribution >= 0.6 is 11.8 Å². The predicted molar refractivity (Wildman–Crippen MR) is 61.6 cm³/mol. The second-order valence-electron chi connectivity index (χ2n) is 3.10. The first kappa shape index (κ1) is 12.7. The van der Waals surface area contributed by atoms with Crippen LogP contribution in [-0.2, 0) is 9.53 Å². The number of thioether (sulfide) groups is 1. The van der Waals surface area contributed by atoms with Crippen LogP contribution in [0.4, 0.5) is 0 Å². The second kappa shape index (κ2) is 6.27. The molecule has 1 aromatic heterocycles. The van der Waals surface area contributed by atoms with Crippen LogP contribution in [0.5, 0.6) is 0 Å². The quantitative estimate of drug-likeness (QED) is 0.446. The number of hydrogen-bond donors (Lipinski definition) is 0. The van der Waals surface area contributed by atoms with Crippen molar-refractivity contribution >= 4 is 23.5 Å². The molecule has 5 heteroatoms. The fourth-order valence-electron chi connectivity index (χ4n) is 1.13. The summed E-state index contributed by atoms with van der Waals surface area (Å²) in [5.74, 6) is 0.335. The zero-order chi connectivity index (χ0) is 12.0. The Morgan fingerprint density at radius 3 is 2.88 bits per heavy atom. The molecular formula is C11H13NO3S. The molecule has 1 heterocycles. The van der Waals surface area contributed by atoms with E-state index in [2.05, 4.69) is 9.72 Å². The molecule has 0 bridgehead atoms. The van der Waals surface area contributed by atoms with Crippen LogP contribution < -0.4 is 0 Å². The lowest BCUT2D eigenvalue weighted by molar-refractivity contribution is -0.140. The molecule has 0 aliphatic carbocycles. The standard InChI is InChI=1S/C11H13NO3S/c1-8(13)9-3-5-12-7-10(9)16-6-4-11(14)15-2/h3,5,7H,4,6H2,1-2H3. The lowest BCUT2D eigenvalue weighted by Crippen LogP contribution is -2.02. The van der Waals surface area contributed by atoms with Crippen LogP contribution in [0, 0.1) is 0 Å². The molecule has 0 fully saturated rings. The smallest absolute Gasteiger partial charge is 0.306 e. The summed E-state index contributed by atoms with van der Waals surface area (Å²) in [6, 6.07) is 1.68. The molecule has 0 aliphatic heterocycles. The van der Waals surface area contributed by atoms with Gasteiger partial charge in [0.1, 0.15) is 0 Å². The molecule has 0 aliphatic rings. The summed E-state index contributed by atoms with van der Waals surface area (Å²) in [4.78, 5) is 27.0. The Hall–Kier alpha value is -1.36. The number of carbonyl (C=O) groups excluding carboxylic acids is 2. The van der Waals surface area contributed by atoms with Crippen molar-refractivity contribution in [3.63, 3.8) is 0 Å². The molecule has 4 nitrogen and oxygen atoms in total. The summed E-state index contributed by atoms with van der Waals surface area (Å²) < 4.78 is 4.53. The average molecular weight is 239 g/mol. The number of carbonyl (C=O) groups is 2. The third-order valence-electron chi connectivity index (χ3n) is 1.96. The lowest BCUT2D eigenvalue weighted by atomic mass is 10.2. The van der Waals surface area contributed by atoms with E-state index in [0.717, 1.165) is 4.90 Å². The number of rotatable bonds is 5. The van der Waals surface area contributed by atoms with Gasteiger partial charge in [0.25, 0.3) is 0 Å². The monoisotopic (exact) mass is 239 g/mol. The highest BCUT2D eigenvalue weighted by atomic mass is 32.2. The topological polar surface area (TPSA) is 56.3 Å². The van der Waals surface area contributed by atoms with E-state index >= 15 is 0 Å². The van der Waals surface area contributed by atoms with Crippen molar-refractivity contribution < 1.29 is 14.3 Å². The summed E-state index contributed by atoms with van der Waals surface area (Å²) in [7, 11) is 1.36. The van der Waals surface area contributed by atoms with E-state index < -0.39 is 0 Å². The number of nitrogens with zero attached hydrogens (tertiary/aromatic N) is 1. The van der Waals surface area contributed by atoms with Gasteiger partial charge in [0.05, 0.1) is 13.5 Å². The summed E-state index contributed by atoms with van der Waals surface area (Å²) in [5.41, 5.74) is 0.643. The summed E-state index contributed by atoms with van der Waals surface area (Å²) in [5, 5.41) is 0. The maximum atomic E-state index is 11.3. The van der Waals surface area contributed by atoms with Crippen LogP contribution in [0.3, 0.4) is 0 Å². The number of ketones is 1. The lowest BCUT2D eigenvalue weighted by Gasteiger charge is -2.04. The molecule has 0 spiro atoms. The zero-order valence-electron chi connectivity index (χ0n) is 9.23. The molecule has 0 unspecified atom stereocenters. The van der Waals surface area contributed by atoms with Crippen molar-refractivity contribution in [1.82, 2.24) is 4.98 Å². The van der Waals surface area contributed by atoms with Gasteiger partial charge in [-0.1, -0.05) is 0 Å². The van der Waals surface area contributed by atoms with Gasteiger partial charge in [-0.25, -0.2) is 0 Å². The normalized spacial score (nSPS) is 9.88. The van der Waals surface area contributed by atoms with E-state index in [1.54, 1.807) is 18.5 Å². The molecule has 1 aromatic rings. The molecule has 0 amide bonds. The van der Waals surface area contributed by atoms with Gasteiger partial charge in [-0.05, 0) is 13.0 Å². The molecular weight excluding hydrogens is 226 g/mol. The molecule has 86 valence electrons. The van der Waals surface area contributed by atoms with Gasteiger partial charge in [0, 0.05) is 28.6 Å². The summed E-state index contributed by atoms with van der Waals surface area (Å²) >= 11 is 1.43. The maximum absolute atomic E-state index is 11.3. The largest absolute Gasteiger partial charge is 0.469 e. The number of hydrogen-bond acceptors (Lipinski definition) is 5. The Kier molecular flexibility index (Phi) is 4.98. The van der Waals surface area contributed by atoms with Gasteiger partial charge >= 0.3 is 5.97 Å². The average Bonchev–Trinajstić information content (AvgIpc) is 2.29. The van der Waals surface area contributed by atoms with Crippen molar-refractivity contribution in [1.29, 1.82) is 0 Å². The van der Waals surface area contributed by atoms with E-state index in [1.807, 2.05) is 0 Å². The first-order chi connectivity index (χ1) is 7.65. The van der Waals surface area contributed by atoms with E-state index in [4.69, 9.17) is 0 Å². The minimum absolute atomic E-state index is 0.00275. The fourth-order valence-corrected chi connectivity index (χ4v) is 2.12. The van der Waals surface area contributed by atoms with Gasteiger partial charge < -0.3 is 4.74 Å². The highest BCUT2D eigenvalue weighted by Crippen LogP contribution is 2.22. The number of methoxy groups -OCH3 is 1. The molecule has 0 N–H and O–H groups in total. The van der Waals surface area contributed by atoms with Gasteiger partial charge in [0.15, 0.2) is 5.78 Å². The fraction of sp³-hybridized carbons (Fsp3) is 0.364. The van der Waals surface area contributed by atoms with Gasteiger partial charge in [-0.15, -0.1) is 11.8 Å². The van der Waals surface area contributed by atoms with Crippen LogP contribution in [0.15, 0.2) is 23.4 Å². The molecule has 0 aromatic carbocycles. The Labute approximate surface area is 98.4 Å². The Balaban J connectivity index is 2.60. The number of Topliss-reactive ketones (excluding diaryl/α,β-unsaturated/α-hetero) is 1. The molecule has 0 saturated carbocycles. The van der Waals surface area contributed by atoms with Crippen molar-refractivity contribution in [3.05, 3.63) is 24.0 Å². The number of aromatic nitrogens is 1. The van der Waals surface area contributed by atoms with E-state index in [9.17, 15) is 9.59 Å². The Morgan fingerprint density at radius 2 is 2.25 bits per heavy atom. The molecule has 0 saturated heterocycles. The predicted octanol–water partition coefficient (Wildman–Crippen LogP) is 1.94. The third kappa shape index (κ3) is 3.66. The molecule has 0 radical (unpaired) electrons. The van der Waals surface area contributed by atoms with Gasteiger partial charge in [-0.2, -0.15) is 0 Å². The van der Waals surface area contributed by atoms with Crippen LogP contribution in [0.25, 0.3) is 0 Å². The van der Waals surface area contributed by atoms with E-state index in [0.29, 0.717) is 17.7 Å². The first-order valence-electron chi connectivity index (χ1n) is 4.79. The number of ether oxygens (including phenoxy) is 1. The zero-order valence-corrected chi connectivity index (χ0v) is 10.0. The van der Waals surface area contributed by atoms with Crippen molar-refractivity contribution in [2.24, 2.45) is 0 Å². The minimum atomic E-state index is -0.249. The van der Waals surface area contributed by atoms with Crippen LogP contribution in [0.1, 0.15) is 23.7 Å². The maximum Gasteiger partial charge on any atom is 0.306 e. The molecule has 16 heavy (non-hydrogen) atoms. The van der Waals surface area contributed by atoms with Gasteiger partial charge in [0.2, 0.25) is 0 Å². The van der Waals surface area contributed by atoms with E-state index in [1.165, 1.54) is 25.8 Å². The van der Waals surface area contributed by atoms with Crippen molar-refractivity contribution in [2.75, 3.05) is 12.9 Å². The Bertz CT molecular complexity index is 393. The highest BCUT2D eigenvalue weighted by molar-refractivity contribution is 7.99. The van der Waals surface area contributed by atoms with Crippen LogP contribution in [0.2, 0.25) is 0 Å². The van der Waals surface area contributed by atoms with Gasteiger partial charge in [-0.3, -0.25) is 14.6 Å². The summed E-state index contributed by atoms with van der Waals surface area (Å²) in [6.07, 6.45) is 3.55. The van der Waals surface area contributed by atoms with Crippen LogP contribution in [-0.4, -0.2) is 29.6 Å². The first-order valence-corrected chi connectivity index (χ1v) is 5.78. The SMILES string of the molecule is COC(=O)CCSc1cnccc1C(C)=O. The van der Waals surface area contributed by atoms with E-state index in [-0.39, 0.29) is 11.8 Å². The molecule has 0 atom stereocenters. The summed E-state index contributed by atoms with van der Waals surface area (Å²) in [6.45, 7) is 1.51. The minimum Gasteiger partial charge on any atom is -0.469 e. The number of pyridine rings is 1. The van der Waals surface area contributed by atoms with Crippen molar-refractivity contribution in [3.8, 4) is 0 Å². The molecule has 1 rings (SSSR count). The highest BCUT2D eigenvalue weighted by Gasteiger charge is 2.08. The third-order valence-corrected chi connectivity index (χ3v) is 3.00. The number of esters is 1. The van der Waals surface area contributed by atoms with Crippen molar-refractivity contribution in [2.45, 2.75) is 18.2 Å². The second-order valence-corrected chi connectivity index (χ2v) is 4.24.